The average Bonchev–Trinajstić information content (AvgIpc) is 3.07. The van der Waals surface area contributed by atoms with Crippen LogP contribution in [0.1, 0.15) is 44.9 Å². The summed E-state index contributed by atoms with van der Waals surface area (Å²) in [5, 5.41) is 3.78. The maximum absolute atomic E-state index is 5.88. The SMILES string of the molecule is C1CC2CN(CC3(CNC4CC4)CCCOC3)CC2C1. The van der Waals surface area contributed by atoms with E-state index in [0.717, 1.165) is 31.1 Å². The summed E-state index contributed by atoms with van der Waals surface area (Å²) in [6, 6.07) is 0.826. The smallest absolute Gasteiger partial charge is 0.0546 e. The summed E-state index contributed by atoms with van der Waals surface area (Å²) < 4.78 is 5.88. The molecule has 4 rings (SSSR count). The quantitative estimate of drug-likeness (QED) is 0.835. The number of fused-ring (bicyclic) bond motifs is 1. The third-order valence-electron chi connectivity index (χ3n) is 6.11. The van der Waals surface area contributed by atoms with Crippen LogP contribution in [0, 0.1) is 17.3 Å². The summed E-state index contributed by atoms with van der Waals surface area (Å²) in [4.78, 5) is 2.78. The van der Waals surface area contributed by atoms with Gasteiger partial charge in [-0.1, -0.05) is 6.42 Å². The van der Waals surface area contributed by atoms with Crippen molar-refractivity contribution >= 4 is 0 Å². The van der Waals surface area contributed by atoms with Crippen molar-refractivity contribution in [2.45, 2.75) is 51.0 Å². The number of ether oxygens (including phenoxy) is 1. The Hall–Kier alpha value is -0.120. The van der Waals surface area contributed by atoms with Crippen LogP contribution >= 0.6 is 0 Å². The number of likely N-dealkylation sites (tertiary alicyclic amines) is 1. The second-order valence-electron chi connectivity index (χ2n) is 7.96. The molecule has 1 N–H and O–H groups in total. The minimum atomic E-state index is 0.402. The Labute approximate surface area is 123 Å². The van der Waals surface area contributed by atoms with Gasteiger partial charge in [-0.2, -0.15) is 0 Å². The highest BCUT2D eigenvalue weighted by atomic mass is 16.5. The first kappa shape index (κ1) is 13.5. The van der Waals surface area contributed by atoms with Crippen LogP contribution < -0.4 is 5.32 Å². The van der Waals surface area contributed by atoms with Crippen LogP contribution in [-0.2, 0) is 4.74 Å². The Morgan fingerprint density at radius 3 is 2.50 bits per heavy atom. The van der Waals surface area contributed by atoms with Crippen molar-refractivity contribution in [2.75, 3.05) is 39.4 Å². The van der Waals surface area contributed by atoms with E-state index in [1.807, 2.05) is 0 Å². The Kier molecular flexibility index (Phi) is 3.78. The molecule has 2 saturated heterocycles. The van der Waals surface area contributed by atoms with E-state index in [9.17, 15) is 0 Å². The lowest BCUT2D eigenvalue weighted by molar-refractivity contribution is -0.0242. The number of nitrogens with zero attached hydrogens (tertiary/aromatic N) is 1. The lowest BCUT2D eigenvalue weighted by Gasteiger charge is -2.40. The highest BCUT2D eigenvalue weighted by Gasteiger charge is 2.41. The van der Waals surface area contributed by atoms with Crippen molar-refractivity contribution in [3.8, 4) is 0 Å². The van der Waals surface area contributed by atoms with E-state index in [-0.39, 0.29) is 0 Å². The summed E-state index contributed by atoms with van der Waals surface area (Å²) >= 11 is 0. The standard InChI is InChI=1S/C17H30N2O/c1-3-14-9-19(10-15(14)4-1)12-17(7-2-8-20-13-17)11-18-16-5-6-16/h14-16,18H,1-13H2. The summed E-state index contributed by atoms with van der Waals surface area (Å²) in [5.74, 6) is 2.04. The van der Waals surface area contributed by atoms with Gasteiger partial charge in [0.05, 0.1) is 6.61 Å². The molecule has 3 atom stereocenters. The molecule has 0 bridgehead atoms. The van der Waals surface area contributed by atoms with Crippen LogP contribution in [0.2, 0.25) is 0 Å². The fraction of sp³-hybridized carbons (Fsp3) is 1.00. The molecule has 0 radical (unpaired) electrons. The van der Waals surface area contributed by atoms with Crippen LogP contribution in [-0.4, -0.2) is 50.3 Å². The normalized spacial score (nSPS) is 42.0. The summed E-state index contributed by atoms with van der Waals surface area (Å²) in [7, 11) is 0. The van der Waals surface area contributed by atoms with Gasteiger partial charge in [0.25, 0.3) is 0 Å². The fourth-order valence-corrected chi connectivity index (χ4v) is 4.81. The molecule has 3 unspecified atom stereocenters. The van der Waals surface area contributed by atoms with E-state index in [1.54, 1.807) is 0 Å². The van der Waals surface area contributed by atoms with E-state index in [4.69, 9.17) is 4.74 Å². The summed E-state index contributed by atoms with van der Waals surface area (Å²) in [5.41, 5.74) is 0.402. The van der Waals surface area contributed by atoms with Crippen molar-refractivity contribution in [3.63, 3.8) is 0 Å². The van der Waals surface area contributed by atoms with E-state index in [1.165, 1.54) is 71.1 Å². The van der Waals surface area contributed by atoms with Gasteiger partial charge in [-0.3, -0.25) is 0 Å². The highest BCUT2D eigenvalue weighted by molar-refractivity contribution is 4.95. The molecular formula is C17H30N2O. The molecule has 3 nitrogen and oxygen atoms in total. The molecule has 2 saturated carbocycles. The Bertz CT molecular complexity index is 324. The molecule has 2 aliphatic heterocycles. The van der Waals surface area contributed by atoms with Crippen molar-refractivity contribution in [1.29, 1.82) is 0 Å². The van der Waals surface area contributed by atoms with Crippen LogP contribution in [0.5, 0.6) is 0 Å². The molecule has 2 aliphatic carbocycles. The zero-order valence-electron chi connectivity index (χ0n) is 12.8. The van der Waals surface area contributed by atoms with Gasteiger partial charge in [0.2, 0.25) is 0 Å². The van der Waals surface area contributed by atoms with Crippen molar-refractivity contribution in [2.24, 2.45) is 17.3 Å². The number of rotatable bonds is 5. The first-order valence-electron chi connectivity index (χ1n) is 8.87. The Balaban J connectivity index is 1.36. The van der Waals surface area contributed by atoms with Gasteiger partial charge in [-0.15, -0.1) is 0 Å². The van der Waals surface area contributed by atoms with Crippen LogP contribution in [0.15, 0.2) is 0 Å². The van der Waals surface area contributed by atoms with E-state index in [2.05, 4.69) is 10.2 Å². The highest BCUT2D eigenvalue weighted by Crippen LogP contribution is 2.40. The molecule has 114 valence electrons. The predicted octanol–water partition coefficient (Wildman–Crippen LogP) is 2.27. The van der Waals surface area contributed by atoms with Gasteiger partial charge >= 0.3 is 0 Å². The second-order valence-corrected chi connectivity index (χ2v) is 7.96. The lowest BCUT2D eigenvalue weighted by atomic mass is 9.81. The van der Waals surface area contributed by atoms with Gasteiger partial charge in [0, 0.05) is 44.2 Å². The molecular weight excluding hydrogens is 248 g/mol. The van der Waals surface area contributed by atoms with Crippen LogP contribution in [0.4, 0.5) is 0 Å². The third-order valence-corrected chi connectivity index (χ3v) is 6.11. The monoisotopic (exact) mass is 278 g/mol. The molecule has 3 heteroatoms. The van der Waals surface area contributed by atoms with Gasteiger partial charge in [-0.05, 0) is 50.4 Å². The molecule has 0 amide bonds. The molecule has 0 aromatic heterocycles. The second kappa shape index (κ2) is 5.58. The van der Waals surface area contributed by atoms with Crippen molar-refractivity contribution in [1.82, 2.24) is 10.2 Å². The van der Waals surface area contributed by atoms with E-state index >= 15 is 0 Å². The molecule has 4 aliphatic rings. The molecule has 0 aromatic rings. The topological polar surface area (TPSA) is 24.5 Å². The van der Waals surface area contributed by atoms with Crippen molar-refractivity contribution < 1.29 is 4.74 Å². The molecule has 0 aromatic carbocycles. The van der Waals surface area contributed by atoms with E-state index in [0.29, 0.717) is 5.41 Å². The zero-order valence-corrected chi connectivity index (χ0v) is 12.8. The largest absolute Gasteiger partial charge is 0.381 e. The average molecular weight is 278 g/mol. The predicted molar refractivity (Wildman–Crippen MR) is 80.8 cm³/mol. The van der Waals surface area contributed by atoms with Crippen molar-refractivity contribution in [3.05, 3.63) is 0 Å². The Morgan fingerprint density at radius 1 is 1.05 bits per heavy atom. The lowest BCUT2D eigenvalue weighted by Crippen LogP contribution is -2.49. The molecule has 2 heterocycles. The van der Waals surface area contributed by atoms with Gasteiger partial charge in [0.15, 0.2) is 0 Å². The van der Waals surface area contributed by atoms with E-state index < -0.39 is 0 Å². The summed E-state index contributed by atoms with van der Waals surface area (Å²) in [6.45, 7) is 7.17. The number of hydrogen-bond donors (Lipinski definition) is 1. The molecule has 20 heavy (non-hydrogen) atoms. The molecule has 4 fully saturated rings. The van der Waals surface area contributed by atoms with Gasteiger partial charge in [0.1, 0.15) is 0 Å². The first-order chi connectivity index (χ1) is 9.83. The maximum Gasteiger partial charge on any atom is 0.0546 e. The van der Waals surface area contributed by atoms with Crippen LogP contribution in [0.3, 0.4) is 0 Å². The van der Waals surface area contributed by atoms with Gasteiger partial charge in [-0.25, -0.2) is 0 Å². The summed E-state index contributed by atoms with van der Waals surface area (Å²) in [6.07, 6.45) is 9.87. The Morgan fingerprint density at radius 2 is 1.85 bits per heavy atom. The number of nitrogens with one attached hydrogen (secondary N) is 1. The third kappa shape index (κ3) is 2.90. The first-order valence-corrected chi connectivity index (χ1v) is 8.87. The minimum Gasteiger partial charge on any atom is -0.381 e. The minimum absolute atomic E-state index is 0.402. The number of hydrogen-bond acceptors (Lipinski definition) is 3. The zero-order chi connectivity index (χ0) is 13.4. The molecule has 0 spiro atoms. The maximum atomic E-state index is 5.88. The van der Waals surface area contributed by atoms with Crippen LogP contribution in [0.25, 0.3) is 0 Å². The fourth-order valence-electron chi connectivity index (χ4n) is 4.81. The van der Waals surface area contributed by atoms with Gasteiger partial charge < -0.3 is 15.0 Å².